The summed E-state index contributed by atoms with van der Waals surface area (Å²) in [6.45, 7) is 3.88. The molecule has 2 aliphatic carbocycles. The Labute approximate surface area is 176 Å². The van der Waals surface area contributed by atoms with Crippen LogP contribution in [0.25, 0.3) is 10.9 Å². The Morgan fingerprint density at radius 1 is 1.20 bits per heavy atom. The van der Waals surface area contributed by atoms with Gasteiger partial charge in [0.1, 0.15) is 12.2 Å². The lowest BCUT2D eigenvalue weighted by Crippen LogP contribution is -2.39. The fourth-order valence-corrected chi connectivity index (χ4v) is 5.51. The zero-order valence-electron chi connectivity index (χ0n) is 17.6. The van der Waals surface area contributed by atoms with E-state index >= 15 is 0 Å². The Morgan fingerprint density at radius 3 is 2.97 bits per heavy atom. The fourth-order valence-electron chi connectivity index (χ4n) is 5.51. The predicted molar refractivity (Wildman–Crippen MR) is 116 cm³/mol. The molecule has 3 heterocycles. The van der Waals surface area contributed by atoms with Gasteiger partial charge >= 0.3 is 0 Å². The SMILES string of the molecule is CC1CCc2[nH]c3c(C(=O)N4CCCC(c5nncn5C5CC5)C4)cccc3c2C1. The molecule has 1 N–H and O–H groups in total. The summed E-state index contributed by atoms with van der Waals surface area (Å²) >= 11 is 0. The van der Waals surface area contributed by atoms with Gasteiger partial charge in [0.05, 0.1) is 11.1 Å². The molecule has 6 heteroatoms. The monoisotopic (exact) mass is 403 g/mol. The van der Waals surface area contributed by atoms with Gasteiger partial charge in [0.2, 0.25) is 0 Å². The van der Waals surface area contributed by atoms with E-state index in [2.05, 4.69) is 32.7 Å². The van der Waals surface area contributed by atoms with Gasteiger partial charge in [-0.15, -0.1) is 10.2 Å². The molecule has 1 saturated carbocycles. The minimum atomic E-state index is 0.148. The summed E-state index contributed by atoms with van der Waals surface area (Å²) in [6.07, 6.45) is 9.82. The van der Waals surface area contributed by atoms with Crippen molar-refractivity contribution in [1.29, 1.82) is 0 Å². The Hall–Kier alpha value is -2.63. The molecule has 0 spiro atoms. The highest BCUT2D eigenvalue weighted by Crippen LogP contribution is 2.38. The molecule has 1 aromatic carbocycles. The first-order valence-corrected chi connectivity index (χ1v) is 11.5. The summed E-state index contributed by atoms with van der Waals surface area (Å²) in [7, 11) is 0. The number of rotatable bonds is 3. The van der Waals surface area contributed by atoms with E-state index in [9.17, 15) is 4.79 Å². The Balaban J connectivity index is 1.30. The highest BCUT2D eigenvalue weighted by Gasteiger charge is 2.33. The number of fused-ring (bicyclic) bond motifs is 3. The number of likely N-dealkylation sites (tertiary alicyclic amines) is 1. The number of hydrogen-bond acceptors (Lipinski definition) is 3. The molecule has 156 valence electrons. The van der Waals surface area contributed by atoms with Crippen molar-refractivity contribution in [3.63, 3.8) is 0 Å². The average molecular weight is 404 g/mol. The third-order valence-corrected chi connectivity index (χ3v) is 7.31. The minimum absolute atomic E-state index is 0.148. The van der Waals surface area contributed by atoms with Crippen LogP contribution < -0.4 is 0 Å². The zero-order chi connectivity index (χ0) is 20.2. The quantitative estimate of drug-likeness (QED) is 0.711. The molecular weight excluding hydrogens is 374 g/mol. The summed E-state index contributed by atoms with van der Waals surface area (Å²) in [5.74, 6) is 2.21. The number of piperidine rings is 1. The van der Waals surface area contributed by atoms with Crippen molar-refractivity contribution in [3.05, 3.63) is 47.2 Å². The number of para-hydroxylation sites is 1. The average Bonchev–Trinajstić information content (AvgIpc) is 3.38. The first-order chi connectivity index (χ1) is 14.7. The highest BCUT2D eigenvalue weighted by molar-refractivity contribution is 6.06. The van der Waals surface area contributed by atoms with Crippen LogP contribution in [0.3, 0.4) is 0 Å². The first-order valence-electron chi connectivity index (χ1n) is 11.5. The smallest absolute Gasteiger partial charge is 0.256 e. The van der Waals surface area contributed by atoms with Crippen LogP contribution in [0.5, 0.6) is 0 Å². The number of amides is 1. The topological polar surface area (TPSA) is 66.8 Å². The standard InChI is InChI=1S/C24H29N5O/c1-15-7-10-21-20(12-15)18-5-2-6-19(22(18)26-21)24(30)28-11-3-4-16(13-28)23-27-25-14-29(23)17-8-9-17/h2,5-6,14-17,26H,3-4,7-13H2,1H3. The van der Waals surface area contributed by atoms with Crippen LogP contribution in [-0.2, 0) is 12.8 Å². The van der Waals surface area contributed by atoms with E-state index < -0.39 is 0 Å². The van der Waals surface area contributed by atoms with Gasteiger partial charge in [-0.1, -0.05) is 19.1 Å². The van der Waals surface area contributed by atoms with Gasteiger partial charge in [-0.3, -0.25) is 4.79 Å². The first kappa shape index (κ1) is 18.2. The number of carbonyl (C=O) groups is 1. The number of carbonyl (C=O) groups excluding carboxylic acids is 1. The molecule has 2 aromatic heterocycles. The Bertz CT molecular complexity index is 1110. The van der Waals surface area contributed by atoms with Crippen molar-refractivity contribution in [2.24, 2.45) is 5.92 Å². The summed E-state index contributed by atoms with van der Waals surface area (Å²) in [4.78, 5) is 19.3. The van der Waals surface area contributed by atoms with E-state index in [-0.39, 0.29) is 11.8 Å². The van der Waals surface area contributed by atoms with E-state index in [1.54, 1.807) is 0 Å². The van der Waals surface area contributed by atoms with Gasteiger partial charge in [-0.05, 0) is 62.5 Å². The van der Waals surface area contributed by atoms with Crippen LogP contribution in [0, 0.1) is 5.92 Å². The number of H-pyrrole nitrogens is 1. The van der Waals surface area contributed by atoms with Crippen molar-refractivity contribution in [3.8, 4) is 0 Å². The van der Waals surface area contributed by atoms with E-state index in [1.807, 2.05) is 23.4 Å². The molecule has 0 bridgehead atoms. The molecule has 3 aromatic rings. The van der Waals surface area contributed by atoms with Gasteiger partial charge in [-0.25, -0.2) is 0 Å². The van der Waals surface area contributed by atoms with E-state index in [1.165, 1.54) is 35.9 Å². The number of benzene rings is 1. The van der Waals surface area contributed by atoms with Gasteiger partial charge in [0.25, 0.3) is 5.91 Å². The normalized spacial score (nSPS) is 24.2. The van der Waals surface area contributed by atoms with Crippen molar-refractivity contribution >= 4 is 16.8 Å². The molecule has 0 radical (unpaired) electrons. The number of nitrogens with zero attached hydrogens (tertiary/aromatic N) is 4. The minimum Gasteiger partial charge on any atom is -0.358 e. The molecule has 1 amide bonds. The van der Waals surface area contributed by atoms with Crippen molar-refractivity contribution in [2.75, 3.05) is 13.1 Å². The molecule has 3 aliphatic rings. The number of hydrogen-bond donors (Lipinski definition) is 1. The maximum absolute atomic E-state index is 13.6. The molecule has 1 aliphatic heterocycles. The van der Waals surface area contributed by atoms with Crippen LogP contribution >= 0.6 is 0 Å². The molecule has 2 unspecified atom stereocenters. The van der Waals surface area contributed by atoms with Gasteiger partial charge in [0, 0.05) is 36.1 Å². The van der Waals surface area contributed by atoms with Crippen LogP contribution in [0.4, 0.5) is 0 Å². The Kier molecular flexibility index (Phi) is 4.22. The summed E-state index contributed by atoms with van der Waals surface area (Å²) in [5.41, 5.74) is 4.61. The lowest BCUT2D eigenvalue weighted by atomic mass is 9.87. The molecule has 2 fully saturated rings. The number of aryl methyl sites for hydroxylation is 1. The van der Waals surface area contributed by atoms with Crippen LogP contribution in [0.1, 0.15) is 78.4 Å². The van der Waals surface area contributed by atoms with Crippen LogP contribution in [0.2, 0.25) is 0 Å². The second-order valence-electron chi connectivity index (χ2n) is 9.58. The van der Waals surface area contributed by atoms with E-state index in [0.29, 0.717) is 12.0 Å². The Morgan fingerprint density at radius 2 is 2.10 bits per heavy atom. The summed E-state index contributed by atoms with van der Waals surface area (Å²) in [5, 5.41) is 9.85. The predicted octanol–water partition coefficient (Wildman–Crippen LogP) is 4.24. The molecule has 6 nitrogen and oxygen atoms in total. The third-order valence-electron chi connectivity index (χ3n) is 7.31. The van der Waals surface area contributed by atoms with Gasteiger partial charge in [-0.2, -0.15) is 0 Å². The lowest BCUT2D eigenvalue weighted by molar-refractivity contribution is 0.0705. The molecule has 6 rings (SSSR count). The number of aromatic nitrogens is 4. The maximum atomic E-state index is 13.6. The summed E-state index contributed by atoms with van der Waals surface area (Å²) < 4.78 is 2.25. The number of nitrogens with one attached hydrogen (secondary N) is 1. The second-order valence-corrected chi connectivity index (χ2v) is 9.58. The summed E-state index contributed by atoms with van der Waals surface area (Å²) in [6, 6.07) is 6.79. The fraction of sp³-hybridized carbons (Fsp3) is 0.542. The third kappa shape index (κ3) is 2.96. The zero-order valence-corrected chi connectivity index (χ0v) is 17.6. The lowest BCUT2D eigenvalue weighted by Gasteiger charge is -2.32. The highest BCUT2D eigenvalue weighted by atomic mass is 16.2. The van der Waals surface area contributed by atoms with Crippen molar-refractivity contribution < 1.29 is 4.79 Å². The van der Waals surface area contributed by atoms with Crippen molar-refractivity contribution in [2.45, 2.75) is 63.8 Å². The molecule has 30 heavy (non-hydrogen) atoms. The molecule has 1 saturated heterocycles. The molecular formula is C24H29N5O. The van der Waals surface area contributed by atoms with E-state index in [4.69, 9.17) is 0 Å². The van der Waals surface area contributed by atoms with E-state index in [0.717, 1.165) is 55.7 Å². The van der Waals surface area contributed by atoms with Crippen LogP contribution in [0.15, 0.2) is 24.5 Å². The maximum Gasteiger partial charge on any atom is 0.256 e. The van der Waals surface area contributed by atoms with Gasteiger partial charge in [0.15, 0.2) is 0 Å². The van der Waals surface area contributed by atoms with Crippen molar-refractivity contribution in [1.82, 2.24) is 24.6 Å². The number of aromatic amines is 1. The molecule has 2 atom stereocenters. The van der Waals surface area contributed by atoms with Crippen LogP contribution in [-0.4, -0.2) is 43.6 Å². The van der Waals surface area contributed by atoms with Gasteiger partial charge < -0.3 is 14.5 Å². The largest absolute Gasteiger partial charge is 0.358 e. The second kappa shape index (κ2) is 6.96.